The van der Waals surface area contributed by atoms with Crippen molar-refractivity contribution in [3.8, 4) is 0 Å². The van der Waals surface area contributed by atoms with Gasteiger partial charge in [-0.1, -0.05) is 337 Å². The molecule has 0 saturated heterocycles. The lowest BCUT2D eigenvalue weighted by Gasteiger charge is -2.21. The Balaban J connectivity index is 5.25. The van der Waals surface area contributed by atoms with Crippen molar-refractivity contribution in [2.24, 2.45) is 17.8 Å². The SMILES string of the molecule is CCCCCCCCCCCCCCCCCCCCC(=O)O[C@H](COC(=O)CCCCCCCCCCCCCC(C)C)COP(=O)(O)OC[C@@H](O)COP(=O)(O)OC[C@@H](COC(=O)CCCCCCCCCCC(C)C)OC(=O)CCCCCCCCCCC(C)CC. The van der Waals surface area contributed by atoms with Gasteiger partial charge in [0.2, 0.25) is 0 Å². The first-order valence-corrected chi connectivity index (χ1v) is 42.4. The van der Waals surface area contributed by atoms with E-state index in [4.69, 9.17) is 37.0 Å². The Bertz CT molecular complexity index is 1850. The summed E-state index contributed by atoms with van der Waals surface area (Å²) in [7, 11) is -9.91. The van der Waals surface area contributed by atoms with Gasteiger partial charge in [0.15, 0.2) is 12.2 Å². The van der Waals surface area contributed by atoms with Crippen LogP contribution in [-0.2, 0) is 65.4 Å². The highest BCUT2D eigenvalue weighted by Gasteiger charge is 2.30. The highest BCUT2D eigenvalue weighted by molar-refractivity contribution is 7.47. The Hall–Kier alpha value is -1.94. The van der Waals surface area contributed by atoms with Crippen LogP contribution in [0.15, 0.2) is 0 Å². The fourth-order valence-electron chi connectivity index (χ4n) is 11.6. The van der Waals surface area contributed by atoms with Gasteiger partial charge in [0.05, 0.1) is 26.4 Å². The molecule has 0 aliphatic carbocycles. The first kappa shape index (κ1) is 93.1. The summed E-state index contributed by atoms with van der Waals surface area (Å²) in [4.78, 5) is 72.8. The molecule has 0 rings (SSSR count). The van der Waals surface area contributed by atoms with E-state index in [0.29, 0.717) is 25.7 Å². The molecule has 95 heavy (non-hydrogen) atoms. The van der Waals surface area contributed by atoms with Gasteiger partial charge in [-0.05, 0) is 43.4 Å². The molecule has 0 aromatic rings. The predicted molar refractivity (Wildman–Crippen MR) is 386 cm³/mol. The van der Waals surface area contributed by atoms with Crippen molar-refractivity contribution < 1.29 is 80.2 Å². The van der Waals surface area contributed by atoms with E-state index in [2.05, 4.69) is 48.5 Å². The minimum Gasteiger partial charge on any atom is -0.462 e. The van der Waals surface area contributed by atoms with Crippen molar-refractivity contribution in [2.75, 3.05) is 39.6 Å². The number of esters is 4. The van der Waals surface area contributed by atoms with Crippen LogP contribution < -0.4 is 0 Å². The second kappa shape index (κ2) is 66.6. The molecule has 0 heterocycles. The highest BCUT2D eigenvalue weighted by Crippen LogP contribution is 2.45. The molecule has 17 nitrogen and oxygen atoms in total. The summed E-state index contributed by atoms with van der Waals surface area (Å²) in [6.45, 7) is 11.9. The normalized spacial score (nSPS) is 14.4. The molecule has 0 spiro atoms. The van der Waals surface area contributed by atoms with E-state index in [1.165, 1.54) is 199 Å². The van der Waals surface area contributed by atoms with Gasteiger partial charge in [-0.2, -0.15) is 0 Å². The second-order valence-electron chi connectivity index (χ2n) is 28.6. The first-order valence-electron chi connectivity index (χ1n) is 39.4. The van der Waals surface area contributed by atoms with Gasteiger partial charge in [0, 0.05) is 25.7 Å². The number of aliphatic hydroxyl groups is 1. The first-order chi connectivity index (χ1) is 45.8. The van der Waals surface area contributed by atoms with Crippen LogP contribution in [0.3, 0.4) is 0 Å². The molecule has 0 fully saturated rings. The van der Waals surface area contributed by atoms with E-state index in [1.54, 1.807) is 0 Å². The molecule has 564 valence electrons. The van der Waals surface area contributed by atoms with Crippen molar-refractivity contribution in [2.45, 2.75) is 407 Å². The molecular formula is C76H148O17P2. The van der Waals surface area contributed by atoms with Crippen LogP contribution >= 0.6 is 15.6 Å². The number of ether oxygens (including phenoxy) is 4. The summed E-state index contributed by atoms with van der Waals surface area (Å²) in [6.07, 6.45) is 52.7. The number of aliphatic hydroxyl groups excluding tert-OH is 1. The van der Waals surface area contributed by atoms with E-state index in [1.807, 2.05) is 0 Å². The molecule has 19 heteroatoms. The number of hydrogen-bond donors (Lipinski definition) is 3. The van der Waals surface area contributed by atoms with Crippen molar-refractivity contribution in [3.63, 3.8) is 0 Å². The number of phosphoric ester groups is 2. The van der Waals surface area contributed by atoms with Crippen LogP contribution in [0.5, 0.6) is 0 Å². The summed E-state index contributed by atoms with van der Waals surface area (Å²) in [6, 6.07) is 0. The molecule has 3 N–H and O–H groups in total. The number of hydrogen-bond acceptors (Lipinski definition) is 15. The molecule has 0 aromatic carbocycles. The summed E-state index contributed by atoms with van der Waals surface area (Å²) < 4.78 is 68.5. The standard InChI is InChI=1S/C76H148O17P2/c1-8-10-11-12-13-14-15-16-17-18-19-20-21-24-28-38-45-52-59-75(80)92-71(63-86-73(78)57-50-43-36-27-25-22-23-26-33-40-47-54-67(3)4)65-90-94(82,83)88-61-70(77)62-89-95(84,85)91-66-72(64-87-74(79)58-51-44-37-31-29-34-41-48-55-68(5)6)93-76(81)60-53-46-39-32-30-35-42-49-56-69(7)9-2/h67-72,77H,8-66H2,1-7H3,(H,82,83)(H,84,85)/t69?,70-,71-,72-/m1/s1. The van der Waals surface area contributed by atoms with Gasteiger partial charge in [0.1, 0.15) is 19.3 Å². The lowest BCUT2D eigenvalue weighted by atomic mass is 9.99. The maximum absolute atomic E-state index is 13.1. The molecule has 0 bridgehead atoms. The summed E-state index contributed by atoms with van der Waals surface area (Å²) in [5, 5.41) is 10.6. The maximum Gasteiger partial charge on any atom is 0.472 e. The number of carbonyl (C=O) groups is 4. The van der Waals surface area contributed by atoms with E-state index >= 15 is 0 Å². The zero-order valence-corrected chi connectivity index (χ0v) is 63.9. The third-order valence-electron chi connectivity index (χ3n) is 18.0. The average molecular weight is 1400 g/mol. The molecular weight excluding hydrogens is 1250 g/mol. The van der Waals surface area contributed by atoms with Crippen molar-refractivity contribution >= 4 is 39.5 Å². The molecule has 0 radical (unpaired) electrons. The average Bonchev–Trinajstić information content (AvgIpc) is 1.95. The van der Waals surface area contributed by atoms with Gasteiger partial charge in [-0.25, -0.2) is 9.13 Å². The topological polar surface area (TPSA) is 237 Å². The van der Waals surface area contributed by atoms with E-state index in [0.717, 1.165) is 108 Å². The lowest BCUT2D eigenvalue weighted by molar-refractivity contribution is -0.161. The zero-order valence-electron chi connectivity index (χ0n) is 62.1. The molecule has 0 aromatic heterocycles. The van der Waals surface area contributed by atoms with Crippen molar-refractivity contribution in [3.05, 3.63) is 0 Å². The van der Waals surface area contributed by atoms with Crippen LogP contribution in [0, 0.1) is 17.8 Å². The minimum absolute atomic E-state index is 0.104. The van der Waals surface area contributed by atoms with Gasteiger partial charge in [-0.15, -0.1) is 0 Å². The molecule has 3 unspecified atom stereocenters. The molecule has 0 amide bonds. The van der Waals surface area contributed by atoms with E-state index in [9.17, 15) is 43.2 Å². The fraction of sp³-hybridized carbons (Fsp3) is 0.947. The monoisotopic (exact) mass is 1400 g/mol. The summed E-state index contributed by atoms with van der Waals surface area (Å²) in [5.41, 5.74) is 0. The van der Waals surface area contributed by atoms with Crippen molar-refractivity contribution in [1.82, 2.24) is 0 Å². The largest absolute Gasteiger partial charge is 0.472 e. The highest BCUT2D eigenvalue weighted by atomic mass is 31.2. The Morgan fingerprint density at radius 1 is 0.305 bits per heavy atom. The van der Waals surface area contributed by atoms with E-state index in [-0.39, 0.29) is 25.7 Å². The molecule has 0 aliphatic rings. The quantitative estimate of drug-likeness (QED) is 0.0222. The van der Waals surface area contributed by atoms with Gasteiger partial charge < -0.3 is 33.8 Å². The van der Waals surface area contributed by atoms with Crippen LogP contribution in [0.4, 0.5) is 0 Å². The van der Waals surface area contributed by atoms with Crippen LogP contribution in [0.25, 0.3) is 0 Å². The van der Waals surface area contributed by atoms with Gasteiger partial charge in [0.25, 0.3) is 0 Å². The van der Waals surface area contributed by atoms with Crippen molar-refractivity contribution in [1.29, 1.82) is 0 Å². The maximum atomic E-state index is 13.1. The number of rotatable bonds is 74. The summed E-state index contributed by atoms with van der Waals surface area (Å²) in [5.74, 6) is 0.147. The Kier molecular flexibility index (Phi) is 65.2. The number of phosphoric acid groups is 2. The third kappa shape index (κ3) is 69.0. The Morgan fingerprint density at radius 2 is 0.537 bits per heavy atom. The Labute approximate surface area is 581 Å². The zero-order chi connectivity index (χ0) is 70.1. The minimum atomic E-state index is -4.96. The molecule has 0 saturated carbocycles. The van der Waals surface area contributed by atoms with Crippen LogP contribution in [0.1, 0.15) is 389 Å². The Morgan fingerprint density at radius 3 is 0.800 bits per heavy atom. The summed E-state index contributed by atoms with van der Waals surface area (Å²) >= 11 is 0. The van der Waals surface area contributed by atoms with Gasteiger partial charge in [-0.3, -0.25) is 37.3 Å². The molecule has 0 aliphatic heterocycles. The predicted octanol–water partition coefficient (Wildman–Crippen LogP) is 22.2. The fourth-order valence-corrected chi connectivity index (χ4v) is 13.1. The number of carbonyl (C=O) groups excluding carboxylic acids is 4. The molecule has 6 atom stereocenters. The third-order valence-corrected chi connectivity index (χ3v) is 19.9. The van der Waals surface area contributed by atoms with Crippen LogP contribution in [0.2, 0.25) is 0 Å². The van der Waals surface area contributed by atoms with Gasteiger partial charge >= 0.3 is 39.5 Å². The lowest BCUT2D eigenvalue weighted by Crippen LogP contribution is -2.30. The van der Waals surface area contributed by atoms with Crippen LogP contribution in [-0.4, -0.2) is 96.7 Å². The second-order valence-corrected chi connectivity index (χ2v) is 31.5. The van der Waals surface area contributed by atoms with E-state index < -0.39 is 97.5 Å². The smallest absolute Gasteiger partial charge is 0.462 e. The number of unbranched alkanes of at least 4 members (excludes halogenated alkanes) is 41.